The van der Waals surface area contributed by atoms with Crippen LogP contribution in [0.5, 0.6) is 0 Å². The van der Waals surface area contributed by atoms with Crippen LogP contribution in [0.15, 0.2) is 24.3 Å². The summed E-state index contributed by atoms with van der Waals surface area (Å²) in [6.45, 7) is 3.07. The lowest BCUT2D eigenvalue weighted by Crippen LogP contribution is -2.67. The third-order valence-corrected chi connectivity index (χ3v) is 6.33. The van der Waals surface area contributed by atoms with E-state index in [9.17, 15) is 19.2 Å². The summed E-state index contributed by atoms with van der Waals surface area (Å²) in [4.78, 5) is 55.5. The number of likely N-dealkylation sites (N-methyl/N-ethyl adjacent to an activating group) is 1. The summed E-state index contributed by atoms with van der Waals surface area (Å²) < 4.78 is 5.39. The molecule has 2 fully saturated rings. The first-order valence-electron chi connectivity index (χ1n) is 10.0. The average molecular weight is 399 g/mol. The zero-order chi connectivity index (χ0) is 20.8. The number of para-hydroxylation sites is 1. The Hall–Kier alpha value is -2.90. The minimum atomic E-state index is -1.54. The molecule has 0 radical (unpaired) electrons. The van der Waals surface area contributed by atoms with E-state index in [-0.39, 0.29) is 37.2 Å². The summed E-state index contributed by atoms with van der Waals surface area (Å²) in [5, 5.41) is 0. The van der Waals surface area contributed by atoms with Crippen LogP contribution in [0.1, 0.15) is 43.0 Å². The first-order valence-corrected chi connectivity index (χ1v) is 10.0. The van der Waals surface area contributed by atoms with Crippen molar-refractivity contribution < 1.29 is 23.9 Å². The number of nitrogens with zero attached hydrogens (tertiary/aromatic N) is 3. The molecule has 3 aliphatic rings. The van der Waals surface area contributed by atoms with Gasteiger partial charge < -0.3 is 14.5 Å². The highest BCUT2D eigenvalue weighted by Gasteiger charge is 2.60. The predicted molar refractivity (Wildman–Crippen MR) is 104 cm³/mol. The lowest BCUT2D eigenvalue weighted by atomic mass is 9.97. The Morgan fingerprint density at radius 3 is 2.59 bits per heavy atom. The molecule has 0 N–H and O–H groups in total. The summed E-state index contributed by atoms with van der Waals surface area (Å²) in [5.74, 6) is -0.999. The smallest absolute Gasteiger partial charge is 0.354 e. The van der Waals surface area contributed by atoms with Crippen molar-refractivity contribution in [3.63, 3.8) is 0 Å². The van der Waals surface area contributed by atoms with E-state index in [1.165, 1.54) is 16.8 Å². The van der Waals surface area contributed by atoms with Crippen LogP contribution < -0.4 is 4.90 Å². The van der Waals surface area contributed by atoms with Gasteiger partial charge in [0, 0.05) is 33.0 Å². The van der Waals surface area contributed by atoms with Crippen molar-refractivity contribution in [1.29, 1.82) is 0 Å². The van der Waals surface area contributed by atoms with Gasteiger partial charge in [0.15, 0.2) is 6.61 Å². The lowest BCUT2D eigenvalue weighted by molar-refractivity contribution is -0.161. The van der Waals surface area contributed by atoms with Gasteiger partial charge in [-0.15, -0.1) is 0 Å². The zero-order valence-corrected chi connectivity index (χ0v) is 16.7. The Morgan fingerprint density at radius 2 is 1.86 bits per heavy atom. The Labute approximate surface area is 169 Å². The fraction of sp³-hybridized carbons (Fsp3) is 0.524. The number of anilines is 1. The third-order valence-electron chi connectivity index (χ3n) is 6.33. The molecule has 3 heterocycles. The number of fused-ring (bicyclic) bond motifs is 3. The number of rotatable bonds is 3. The zero-order valence-electron chi connectivity index (χ0n) is 16.7. The van der Waals surface area contributed by atoms with Crippen molar-refractivity contribution >= 4 is 29.4 Å². The SMILES string of the molecule is CC1CCN(C(=O)COC(=O)[C@@]23CCC(=O)N2c2ccccc2C(=O)N3C)CC1. The normalized spacial score (nSPS) is 24.4. The molecule has 1 aromatic rings. The van der Waals surface area contributed by atoms with Crippen molar-refractivity contribution in [2.24, 2.45) is 5.92 Å². The van der Waals surface area contributed by atoms with E-state index in [0.717, 1.165) is 12.8 Å². The number of likely N-dealkylation sites (tertiary alicyclic amines) is 1. The van der Waals surface area contributed by atoms with Crippen LogP contribution in [0.2, 0.25) is 0 Å². The number of esters is 1. The molecular formula is C21H25N3O5. The van der Waals surface area contributed by atoms with E-state index >= 15 is 0 Å². The van der Waals surface area contributed by atoms with Gasteiger partial charge in [0.2, 0.25) is 11.6 Å². The molecule has 0 aliphatic carbocycles. The molecule has 154 valence electrons. The third kappa shape index (κ3) is 2.97. The molecule has 8 heteroatoms. The van der Waals surface area contributed by atoms with Gasteiger partial charge in [-0.25, -0.2) is 4.79 Å². The highest BCUT2D eigenvalue weighted by molar-refractivity contribution is 6.15. The van der Waals surface area contributed by atoms with Gasteiger partial charge in [-0.2, -0.15) is 0 Å². The fourth-order valence-electron chi connectivity index (χ4n) is 4.48. The van der Waals surface area contributed by atoms with Crippen LogP contribution in [0.3, 0.4) is 0 Å². The number of hydrogen-bond donors (Lipinski definition) is 0. The number of carbonyl (C=O) groups is 4. The van der Waals surface area contributed by atoms with E-state index in [1.54, 1.807) is 29.2 Å². The van der Waals surface area contributed by atoms with E-state index in [0.29, 0.717) is 30.3 Å². The van der Waals surface area contributed by atoms with Gasteiger partial charge in [-0.3, -0.25) is 19.3 Å². The van der Waals surface area contributed by atoms with Crippen LogP contribution in [0.25, 0.3) is 0 Å². The Kier molecular flexibility index (Phi) is 4.80. The molecule has 3 aliphatic heterocycles. The van der Waals surface area contributed by atoms with Crippen molar-refractivity contribution in [2.45, 2.75) is 38.3 Å². The number of benzene rings is 1. The molecular weight excluding hydrogens is 374 g/mol. The minimum Gasteiger partial charge on any atom is -0.452 e. The summed E-state index contributed by atoms with van der Waals surface area (Å²) in [6.07, 6.45) is 2.12. The first-order chi connectivity index (χ1) is 13.9. The van der Waals surface area contributed by atoms with E-state index in [2.05, 4.69) is 6.92 Å². The number of ether oxygens (including phenoxy) is 1. The van der Waals surface area contributed by atoms with Gasteiger partial charge in [0.1, 0.15) is 0 Å². The maximum absolute atomic E-state index is 13.2. The molecule has 2 saturated heterocycles. The number of amides is 3. The van der Waals surface area contributed by atoms with Crippen LogP contribution in [-0.2, 0) is 19.1 Å². The molecule has 0 bridgehead atoms. The molecule has 0 spiro atoms. The molecule has 0 aromatic heterocycles. The highest BCUT2D eigenvalue weighted by atomic mass is 16.5. The molecule has 8 nitrogen and oxygen atoms in total. The number of carbonyl (C=O) groups excluding carboxylic acids is 4. The average Bonchev–Trinajstić information content (AvgIpc) is 3.09. The molecule has 4 rings (SSSR count). The van der Waals surface area contributed by atoms with E-state index < -0.39 is 11.6 Å². The monoisotopic (exact) mass is 399 g/mol. The van der Waals surface area contributed by atoms with Gasteiger partial charge in [0.25, 0.3) is 11.8 Å². The molecule has 0 unspecified atom stereocenters. The first kappa shape index (κ1) is 19.4. The van der Waals surface area contributed by atoms with Gasteiger partial charge in [-0.05, 0) is 30.9 Å². The molecule has 29 heavy (non-hydrogen) atoms. The highest BCUT2D eigenvalue weighted by Crippen LogP contribution is 2.44. The molecule has 0 saturated carbocycles. The standard InChI is InChI=1S/C21H25N3O5/c1-14-8-11-23(12-9-14)18(26)13-29-20(28)21-10-7-17(25)24(21)16-6-4-3-5-15(16)19(27)22(21)2/h3-6,14H,7-13H2,1-2H3/t21-/m1/s1. The summed E-state index contributed by atoms with van der Waals surface area (Å²) >= 11 is 0. The van der Waals surface area contributed by atoms with Crippen LogP contribution >= 0.6 is 0 Å². The van der Waals surface area contributed by atoms with Gasteiger partial charge in [0.05, 0.1) is 11.3 Å². The van der Waals surface area contributed by atoms with Crippen LogP contribution in [0, 0.1) is 5.92 Å². The van der Waals surface area contributed by atoms with Gasteiger partial charge in [-0.1, -0.05) is 19.1 Å². The molecule has 1 atom stereocenters. The molecule has 1 aromatic carbocycles. The van der Waals surface area contributed by atoms with E-state index in [1.807, 2.05) is 0 Å². The number of piperidine rings is 1. The second-order valence-corrected chi connectivity index (χ2v) is 8.07. The van der Waals surface area contributed by atoms with Crippen LogP contribution in [-0.4, -0.2) is 65.9 Å². The Morgan fingerprint density at radius 1 is 1.17 bits per heavy atom. The molecule has 3 amide bonds. The van der Waals surface area contributed by atoms with Gasteiger partial charge >= 0.3 is 5.97 Å². The second-order valence-electron chi connectivity index (χ2n) is 8.07. The Balaban J connectivity index is 1.56. The minimum absolute atomic E-state index is 0.124. The topological polar surface area (TPSA) is 87.2 Å². The van der Waals surface area contributed by atoms with E-state index in [4.69, 9.17) is 4.74 Å². The summed E-state index contributed by atoms with van der Waals surface area (Å²) in [7, 11) is 1.50. The summed E-state index contributed by atoms with van der Waals surface area (Å²) in [5.41, 5.74) is -0.766. The second kappa shape index (κ2) is 7.17. The fourth-order valence-corrected chi connectivity index (χ4v) is 4.48. The summed E-state index contributed by atoms with van der Waals surface area (Å²) in [6, 6.07) is 6.73. The van der Waals surface area contributed by atoms with Crippen molar-refractivity contribution in [1.82, 2.24) is 9.80 Å². The predicted octanol–water partition coefficient (Wildman–Crippen LogP) is 1.40. The number of hydrogen-bond acceptors (Lipinski definition) is 5. The van der Waals surface area contributed by atoms with Crippen molar-refractivity contribution in [2.75, 3.05) is 31.6 Å². The largest absolute Gasteiger partial charge is 0.452 e. The maximum Gasteiger partial charge on any atom is 0.354 e. The van der Waals surface area contributed by atoms with Crippen molar-refractivity contribution in [3.8, 4) is 0 Å². The maximum atomic E-state index is 13.2. The van der Waals surface area contributed by atoms with Crippen molar-refractivity contribution in [3.05, 3.63) is 29.8 Å². The quantitative estimate of drug-likeness (QED) is 0.717. The Bertz CT molecular complexity index is 877. The van der Waals surface area contributed by atoms with Crippen LogP contribution in [0.4, 0.5) is 5.69 Å². The lowest BCUT2D eigenvalue weighted by Gasteiger charge is -2.46.